The highest BCUT2D eigenvalue weighted by atomic mass is 35.5. The van der Waals surface area contributed by atoms with E-state index in [1.807, 2.05) is 0 Å². The minimum absolute atomic E-state index is 0.149. The minimum atomic E-state index is -0.775. The van der Waals surface area contributed by atoms with Crippen molar-refractivity contribution in [1.29, 1.82) is 0 Å². The van der Waals surface area contributed by atoms with E-state index in [0.29, 0.717) is 10.8 Å². The van der Waals surface area contributed by atoms with Crippen molar-refractivity contribution in [3.05, 3.63) is 28.2 Å². The third-order valence-corrected chi connectivity index (χ3v) is 3.75. The lowest BCUT2D eigenvalue weighted by atomic mass is 10.0. The van der Waals surface area contributed by atoms with Crippen LogP contribution in [0.5, 0.6) is 5.75 Å². The Balaban J connectivity index is 2.43. The Hall–Kier alpha value is -1.99. The van der Waals surface area contributed by atoms with Crippen LogP contribution >= 0.6 is 23.2 Å². The summed E-state index contributed by atoms with van der Waals surface area (Å²) in [4.78, 5) is 35.5. The molecule has 0 fully saturated rings. The van der Waals surface area contributed by atoms with Crippen molar-refractivity contribution in [2.24, 2.45) is 5.92 Å². The molecule has 1 rings (SSSR count). The average Bonchev–Trinajstić information content (AvgIpc) is 2.56. The summed E-state index contributed by atoms with van der Waals surface area (Å²) in [6.45, 7) is 4.86. The van der Waals surface area contributed by atoms with Crippen LogP contribution in [0.3, 0.4) is 0 Å². The van der Waals surface area contributed by atoms with Crippen LogP contribution in [-0.4, -0.2) is 43.6 Å². The Bertz CT molecular complexity index is 652. The van der Waals surface area contributed by atoms with Crippen molar-refractivity contribution in [2.75, 3.05) is 19.8 Å². The third-order valence-electron chi connectivity index (χ3n) is 3.22. The van der Waals surface area contributed by atoms with Gasteiger partial charge in [0.05, 0.1) is 18.2 Å². The summed E-state index contributed by atoms with van der Waals surface area (Å²) in [7, 11) is 0. The van der Waals surface area contributed by atoms with Gasteiger partial charge in [-0.3, -0.25) is 9.59 Å². The number of benzene rings is 1. The molecule has 0 radical (unpaired) electrons. The second-order valence-corrected chi connectivity index (χ2v) is 6.53. The van der Waals surface area contributed by atoms with Gasteiger partial charge in [0, 0.05) is 5.02 Å². The first-order valence-electron chi connectivity index (χ1n) is 8.05. The Morgan fingerprint density at radius 2 is 1.85 bits per heavy atom. The van der Waals surface area contributed by atoms with Gasteiger partial charge in [0.15, 0.2) is 6.61 Å². The molecule has 0 aliphatic heterocycles. The second-order valence-electron chi connectivity index (χ2n) is 5.68. The smallest absolute Gasteiger partial charge is 0.328 e. The Morgan fingerprint density at radius 1 is 1.15 bits per heavy atom. The summed E-state index contributed by atoms with van der Waals surface area (Å²) in [6.07, 6.45) is 0. The average molecular weight is 405 g/mol. The number of halogens is 2. The Labute approximate surface area is 162 Å². The normalized spacial score (nSPS) is 11.6. The fourth-order valence-electron chi connectivity index (χ4n) is 1.92. The van der Waals surface area contributed by atoms with Gasteiger partial charge in [0.25, 0.3) is 5.91 Å². The van der Waals surface area contributed by atoms with Crippen molar-refractivity contribution in [1.82, 2.24) is 10.6 Å². The molecule has 0 heterocycles. The summed E-state index contributed by atoms with van der Waals surface area (Å²) >= 11 is 11.7. The van der Waals surface area contributed by atoms with E-state index in [0.717, 1.165) is 0 Å². The zero-order valence-electron chi connectivity index (χ0n) is 14.8. The summed E-state index contributed by atoms with van der Waals surface area (Å²) < 4.78 is 10.2. The fraction of sp³-hybridized carbons (Fsp3) is 0.471. The maximum atomic E-state index is 11.9. The predicted molar refractivity (Wildman–Crippen MR) is 98.4 cm³/mol. The molecular weight excluding hydrogens is 383 g/mol. The van der Waals surface area contributed by atoms with Gasteiger partial charge in [-0.15, -0.1) is 0 Å². The minimum Gasteiger partial charge on any atom is -0.482 e. The quantitative estimate of drug-likeness (QED) is 0.615. The predicted octanol–water partition coefficient (Wildman–Crippen LogP) is 2.19. The van der Waals surface area contributed by atoms with E-state index in [4.69, 9.17) is 32.7 Å². The summed E-state index contributed by atoms with van der Waals surface area (Å²) in [5, 5.41) is 5.67. The highest BCUT2D eigenvalue weighted by Crippen LogP contribution is 2.27. The SMILES string of the molecule is CCOC(=O)[C@@H](NC(=O)CNC(=O)COc1ccc(Cl)cc1Cl)C(C)C. The first-order chi connectivity index (χ1) is 12.2. The molecule has 0 aliphatic carbocycles. The van der Waals surface area contributed by atoms with E-state index in [1.54, 1.807) is 26.8 Å². The van der Waals surface area contributed by atoms with Crippen molar-refractivity contribution in [3.63, 3.8) is 0 Å². The second kappa shape index (κ2) is 10.9. The molecule has 26 heavy (non-hydrogen) atoms. The molecule has 1 aromatic carbocycles. The van der Waals surface area contributed by atoms with Crippen LogP contribution in [0.25, 0.3) is 0 Å². The number of carbonyl (C=O) groups excluding carboxylic acids is 3. The molecule has 144 valence electrons. The van der Waals surface area contributed by atoms with Gasteiger partial charge in [0.1, 0.15) is 11.8 Å². The van der Waals surface area contributed by atoms with Gasteiger partial charge in [-0.2, -0.15) is 0 Å². The lowest BCUT2D eigenvalue weighted by molar-refractivity contribution is -0.148. The van der Waals surface area contributed by atoms with Gasteiger partial charge in [0.2, 0.25) is 5.91 Å². The first-order valence-corrected chi connectivity index (χ1v) is 8.80. The van der Waals surface area contributed by atoms with E-state index >= 15 is 0 Å². The van der Waals surface area contributed by atoms with E-state index in [9.17, 15) is 14.4 Å². The number of amides is 2. The van der Waals surface area contributed by atoms with Crippen molar-refractivity contribution in [2.45, 2.75) is 26.8 Å². The van der Waals surface area contributed by atoms with Crippen molar-refractivity contribution < 1.29 is 23.9 Å². The molecule has 7 nitrogen and oxygen atoms in total. The molecule has 2 N–H and O–H groups in total. The fourth-order valence-corrected chi connectivity index (χ4v) is 2.38. The summed E-state index contributed by atoms with van der Waals surface area (Å²) in [5.74, 6) is -1.37. The number of rotatable bonds is 9. The molecular formula is C17H22Cl2N2O5. The molecule has 0 aliphatic rings. The number of ether oxygens (including phenoxy) is 2. The number of nitrogens with one attached hydrogen (secondary N) is 2. The van der Waals surface area contributed by atoms with Crippen LogP contribution in [0, 0.1) is 5.92 Å². The molecule has 0 saturated heterocycles. The number of hydrogen-bond acceptors (Lipinski definition) is 5. The van der Waals surface area contributed by atoms with E-state index in [1.165, 1.54) is 12.1 Å². The van der Waals surface area contributed by atoms with Gasteiger partial charge in [-0.25, -0.2) is 4.79 Å². The molecule has 2 amide bonds. The largest absolute Gasteiger partial charge is 0.482 e. The van der Waals surface area contributed by atoms with Crippen molar-refractivity contribution >= 4 is 41.0 Å². The molecule has 0 aromatic heterocycles. The molecule has 0 unspecified atom stereocenters. The van der Waals surface area contributed by atoms with Crippen molar-refractivity contribution in [3.8, 4) is 5.75 Å². The van der Waals surface area contributed by atoms with Crippen LogP contribution in [0.1, 0.15) is 20.8 Å². The van der Waals surface area contributed by atoms with E-state index in [-0.39, 0.29) is 30.7 Å². The standard InChI is InChI=1S/C17H22Cl2N2O5/c1-4-25-17(24)16(10(2)3)21-14(22)8-20-15(23)9-26-13-6-5-11(18)7-12(13)19/h5-7,10,16H,4,8-9H2,1-3H3,(H,20,23)(H,21,22)/t16-/m0/s1. The summed E-state index contributed by atoms with van der Waals surface area (Å²) in [6, 6.07) is 3.83. The first kappa shape index (κ1) is 22.1. The van der Waals surface area contributed by atoms with Gasteiger partial charge >= 0.3 is 5.97 Å². The molecule has 1 aromatic rings. The molecule has 9 heteroatoms. The molecule has 0 saturated carbocycles. The van der Waals surface area contributed by atoms with Crippen LogP contribution in [0.2, 0.25) is 10.0 Å². The number of carbonyl (C=O) groups is 3. The number of hydrogen-bond donors (Lipinski definition) is 2. The lowest BCUT2D eigenvalue weighted by Crippen LogP contribution is -2.49. The van der Waals surface area contributed by atoms with Crippen LogP contribution in [0.4, 0.5) is 0 Å². The van der Waals surface area contributed by atoms with Crippen LogP contribution in [0.15, 0.2) is 18.2 Å². The third kappa shape index (κ3) is 7.49. The monoisotopic (exact) mass is 404 g/mol. The lowest BCUT2D eigenvalue weighted by Gasteiger charge is -2.20. The highest BCUT2D eigenvalue weighted by Gasteiger charge is 2.25. The van der Waals surface area contributed by atoms with E-state index in [2.05, 4.69) is 10.6 Å². The molecule has 0 spiro atoms. The van der Waals surface area contributed by atoms with Crippen LogP contribution < -0.4 is 15.4 Å². The van der Waals surface area contributed by atoms with Gasteiger partial charge < -0.3 is 20.1 Å². The number of esters is 1. The zero-order chi connectivity index (χ0) is 19.7. The summed E-state index contributed by atoms with van der Waals surface area (Å²) in [5.41, 5.74) is 0. The molecule has 1 atom stereocenters. The maximum absolute atomic E-state index is 11.9. The maximum Gasteiger partial charge on any atom is 0.328 e. The van der Waals surface area contributed by atoms with Gasteiger partial charge in [-0.1, -0.05) is 37.0 Å². The highest BCUT2D eigenvalue weighted by molar-refractivity contribution is 6.35. The van der Waals surface area contributed by atoms with Gasteiger partial charge in [-0.05, 0) is 31.0 Å². The van der Waals surface area contributed by atoms with E-state index < -0.39 is 23.8 Å². The zero-order valence-corrected chi connectivity index (χ0v) is 16.3. The van der Waals surface area contributed by atoms with Crippen LogP contribution in [-0.2, 0) is 19.1 Å². The molecule has 0 bridgehead atoms. The topological polar surface area (TPSA) is 93.7 Å². The Kier molecular flexibility index (Phi) is 9.23. The Morgan fingerprint density at radius 3 is 2.42 bits per heavy atom.